The molecule has 12 heteroatoms. The number of Topliss-reactive ketones (excluding diaryl/α,β-unsaturated/α-hetero) is 1. The number of anilines is 1. The molecule has 4 fully saturated rings. The Hall–Kier alpha value is -2.60. The average molecular weight is 618 g/mol. The van der Waals surface area contributed by atoms with Gasteiger partial charge in [0.05, 0.1) is 11.1 Å². The van der Waals surface area contributed by atoms with E-state index in [0.29, 0.717) is 11.3 Å². The van der Waals surface area contributed by atoms with E-state index in [-0.39, 0.29) is 36.3 Å². The minimum absolute atomic E-state index is 0.0657. The highest BCUT2D eigenvalue weighted by Gasteiger charge is 2.53. The van der Waals surface area contributed by atoms with Gasteiger partial charge in [-0.15, -0.1) is 22.9 Å². The Morgan fingerprint density at radius 3 is 2.62 bits per heavy atom. The number of rotatable bonds is 6. The van der Waals surface area contributed by atoms with E-state index in [1.165, 1.54) is 11.0 Å². The summed E-state index contributed by atoms with van der Waals surface area (Å²) in [5.41, 5.74) is 1.06. The first-order valence-corrected chi connectivity index (χ1v) is 16.1. The van der Waals surface area contributed by atoms with Crippen molar-refractivity contribution in [2.24, 2.45) is 5.92 Å². The largest absolute Gasteiger partial charge is 0.366 e. The summed E-state index contributed by atoms with van der Waals surface area (Å²) in [6, 6.07) is 2.84. The lowest BCUT2D eigenvalue weighted by atomic mass is 9.83. The van der Waals surface area contributed by atoms with E-state index < -0.39 is 35.3 Å². The molecular weight excluding hydrogens is 581 g/mol. The standard InChI is InChI=1S/C30H37ClFN5O4S/c1-17-24(34-30(42-17)36-12-10-35(2)11-13-36)20-9-8-19(14-22(20)32)28(39)33-25(18-6-4-3-5-7-18)29(40)37-15-21(31)27-26(37)23(38)16-41-27/h8-9,14,18,21,25-27H,3-7,10-13,15-16H2,1-2H3,(H,33,39). The van der Waals surface area contributed by atoms with Gasteiger partial charge in [-0.2, -0.15) is 0 Å². The van der Waals surface area contributed by atoms with Crippen LogP contribution in [0.1, 0.15) is 47.3 Å². The number of halogens is 2. The molecule has 4 heterocycles. The highest BCUT2D eigenvalue weighted by molar-refractivity contribution is 7.16. The van der Waals surface area contributed by atoms with Crippen LogP contribution < -0.4 is 10.2 Å². The van der Waals surface area contributed by atoms with Gasteiger partial charge in [0, 0.05) is 48.7 Å². The topological polar surface area (TPSA) is 95.1 Å². The van der Waals surface area contributed by atoms with Gasteiger partial charge >= 0.3 is 0 Å². The van der Waals surface area contributed by atoms with Crippen LogP contribution in [0.2, 0.25) is 0 Å². The fourth-order valence-corrected chi connectivity index (χ4v) is 8.02. The molecule has 4 unspecified atom stereocenters. The summed E-state index contributed by atoms with van der Waals surface area (Å²) in [5.74, 6) is -1.63. The molecule has 1 aromatic carbocycles. The van der Waals surface area contributed by atoms with Crippen molar-refractivity contribution in [3.05, 3.63) is 34.5 Å². The fraction of sp³-hybridized carbons (Fsp3) is 0.600. The van der Waals surface area contributed by atoms with Crippen LogP contribution in [-0.2, 0) is 14.3 Å². The number of nitrogens with one attached hydrogen (secondary N) is 1. The number of alkyl halides is 1. The van der Waals surface area contributed by atoms with E-state index in [1.807, 2.05) is 6.92 Å². The normalized spacial score (nSPS) is 26.0. The predicted molar refractivity (Wildman–Crippen MR) is 160 cm³/mol. The van der Waals surface area contributed by atoms with Gasteiger partial charge in [0.1, 0.15) is 30.6 Å². The van der Waals surface area contributed by atoms with E-state index in [2.05, 4.69) is 22.2 Å². The summed E-state index contributed by atoms with van der Waals surface area (Å²) >= 11 is 7.99. The van der Waals surface area contributed by atoms with Crippen LogP contribution in [-0.4, -0.2) is 102 Å². The maximum atomic E-state index is 15.5. The van der Waals surface area contributed by atoms with E-state index in [4.69, 9.17) is 21.3 Å². The zero-order chi connectivity index (χ0) is 29.5. The smallest absolute Gasteiger partial charge is 0.252 e. The number of ketones is 1. The summed E-state index contributed by atoms with van der Waals surface area (Å²) in [4.78, 5) is 51.6. The molecule has 0 radical (unpaired) electrons. The van der Waals surface area contributed by atoms with Crippen molar-refractivity contribution in [2.75, 3.05) is 51.3 Å². The number of carbonyl (C=O) groups excluding carboxylic acids is 3. The summed E-state index contributed by atoms with van der Waals surface area (Å²) in [6.45, 7) is 5.70. The number of fused-ring (bicyclic) bond motifs is 1. The molecule has 4 aliphatic rings. The fourth-order valence-electron chi connectivity index (χ4n) is 6.69. The van der Waals surface area contributed by atoms with Gasteiger partial charge in [0.2, 0.25) is 5.91 Å². The predicted octanol–water partition coefficient (Wildman–Crippen LogP) is 3.47. The number of aromatic nitrogens is 1. The molecule has 1 aromatic heterocycles. The van der Waals surface area contributed by atoms with E-state index in [0.717, 1.165) is 68.3 Å². The number of piperazine rings is 1. The van der Waals surface area contributed by atoms with Crippen molar-refractivity contribution in [2.45, 2.75) is 62.6 Å². The lowest BCUT2D eigenvalue weighted by Crippen LogP contribution is -2.55. The maximum Gasteiger partial charge on any atom is 0.252 e. The lowest BCUT2D eigenvalue weighted by Gasteiger charge is -2.34. The molecule has 2 amide bonds. The van der Waals surface area contributed by atoms with Gasteiger partial charge in [-0.05, 0) is 50.9 Å². The van der Waals surface area contributed by atoms with Crippen molar-refractivity contribution >= 4 is 45.7 Å². The molecular formula is C30H37ClFN5O4S. The number of likely N-dealkylation sites (N-methyl/N-ethyl adjacent to an activating group) is 1. The van der Waals surface area contributed by atoms with Gasteiger partial charge < -0.3 is 24.8 Å². The summed E-state index contributed by atoms with van der Waals surface area (Å²) in [6.07, 6.45) is 4.05. The number of likely N-dealkylation sites (tertiary alicyclic amines) is 1. The first-order valence-electron chi connectivity index (χ1n) is 14.8. The zero-order valence-electron chi connectivity index (χ0n) is 24.0. The van der Waals surface area contributed by atoms with Gasteiger partial charge in [0.15, 0.2) is 10.9 Å². The molecule has 0 spiro atoms. The Labute approximate surface area is 254 Å². The van der Waals surface area contributed by atoms with Crippen LogP contribution in [0.15, 0.2) is 18.2 Å². The number of hydrogen-bond acceptors (Lipinski definition) is 8. The third kappa shape index (κ3) is 5.68. The third-order valence-corrected chi connectivity index (χ3v) is 10.5. The minimum atomic E-state index is -0.830. The number of aryl methyl sites for hydroxylation is 1. The van der Waals surface area contributed by atoms with Crippen LogP contribution in [0.5, 0.6) is 0 Å². The van der Waals surface area contributed by atoms with Crippen LogP contribution in [0.4, 0.5) is 9.52 Å². The number of thiazole rings is 1. The van der Waals surface area contributed by atoms with Crippen molar-refractivity contribution in [3.8, 4) is 11.3 Å². The second-order valence-corrected chi connectivity index (χ2v) is 13.7. The average Bonchev–Trinajstić information content (AvgIpc) is 3.67. The second kappa shape index (κ2) is 12.2. The molecule has 2 aromatic rings. The third-order valence-electron chi connectivity index (χ3n) is 9.12. The Morgan fingerprint density at radius 2 is 1.90 bits per heavy atom. The molecule has 226 valence electrons. The molecule has 3 aliphatic heterocycles. The van der Waals surface area contributed by atoms with Gasteiger partial charge in [-0.25, -0.2) is 9.37 Å². The van der Waals surface area contributed by atoms with E-state index in [9.17, 15) is 14.4 Å². The van der Waals surface area contributed by atoms with E-state index >= 15 is 4.39 Å². The Balaban J connectivity index is 1.21. The quantitative estimate of drug-likeness (QED) is 0.496. The molecule has 1 N–H and O–H groups in total. The highest BCUT2D eigenvalue weighted by Crippen LogP contribution is 2.36. The maximum absolute atomic E-state index is 15.5. The number of amides is 2. The second-order valence-electron chi connectivity index (χ2n) is 11.9. The molecule has 0 bridgehead atoms. The molecule has 4 atom stereocenters. The molecule has 1 saturated carbocycles. The van der Waals surface area contributed by atoms with Crippen LogP contribution in [0, 0.1) is 18.7 Å². The van der Waals surface area contributed by atoms with Crippen molar-refractivity contribution in [1.29, 1.82) is 0 Å². The molecule has 6 rings (SSSR count). The zero-order valence-corrected chi connectivity index (χ0v) is 25.6. The van der Waals surface area contributed by atoms with Crippen LogP contribution in [0.3, 0.4) is 0 Å². The molecule has 3 saturated heterocycles. The minimum Gasteiger partial charge on any atom is -0.366 e. The Kier molecular flexibility index (Phi) is 8.55. The SMILES string of the molecule is Cc1sc(N2CCN(C)CC2)nc1-c1ccc(C(=O)NC(C(=O)N2CC(Cl)C3OCC(=O)C32)C2CCCCC2)cc1F. The number of nitrogens with zero attached hydrogens (tertiary/aromatic N) is 4. The number of ether oxygens (including phenoxy) is 1. The first-order chi connectivity index (χ1) is 20.2. The van der Waals surface area contributed by atoms with Gasteiger partial charge in [0.25, 0.3) is 5.91 Å². The van der Waals surface area contributed by atoms with Gasteiger partial charge in [-0.1, -0.05) is 19.3 Å². The number of benzene rings is 1. The van der Waals surface area contributed by atoms with Crippen LogP contribution >= 0.6 is 22.9 Å². The first kappa shape index (κ1) is 29.5. The summed E-state index contributed by atoms with van der Waals surface area (Å²) in [7, 11) is 2.10. The Morgan fingerprint density at radius 1 is 1.17 bits per heavy atom. The molecule has 42 heavy (non-hydrogen) atoms. The lowest BCUT2D eigenvalue weighted by molar-refractivity contribution is -0.139. The summed E-state index contributed by atoms with van der Waals surface area (Å²) in [5, 5.41) is 3.31. The molecule has 1 aliphatic carbocycles. The number of carbonyl (C=O) groups is 3. The van der Waals surface area contributed by atoms with Crippen LogP contribution in [0.25, 0.3) is 11.3 Å². The Bertz CT molecular complexity index is 1360. The highest BCUT2D eigenvalue weighted by atomic mass is 35.5. The van der Waals surface area contributed by atoms with Crippen molar-refractivity contribution in [3.63, 3.8) is 0 Å². The van der Waals surface area contributed by atoms with E-state index in [1.54, 1.807) is 23.5 Å². The number of hydrogen-bond donors (Lipinski definition) is 1. The van der Waals surface area contributed by atoms with Crippen molar-refractivity contribution in [1.82, 2.24) is 20.1 Å². The van der Waals surface area contributed by atoms with Gasteiger partial charge in [-0.3, -0.25) is 14.4 Å². The monoisotopic (exact) mass is 617 g/mol. The van der Waals surface area contributed by atoms with Crippen molar-refractivity contribution < 1.29 is 23.5 Å². The molecule has 9 nitrogen and oxygen atoms in total. The summed E-state index contributed by atoms with van der Waals surface area (Å²) < 4.78 is 21.1.